The molecule has 2 aromatic carbocycles. The van der Waals surface area contributed by atoms with Crippen molar-refractivity contribution in [2.45, 2.75) is 32.7 Å². The van der Waals surface area contributed by atoms with E-state index in [4.69, 9.17) is 9.57 Å². The summed E-state index contributed by atoms with van der Waals surface area (Å²) < 4.78 is 48.8. The van der Waals surface area contributed by atoms with Crippen LogP contribution >= 0.6 is 0 Å². The largest absolute Gasteiger partial charge is 0.490 e. The maximum Gasteiger partial charge on any atom is 0.418 e. The molecule has 3 aromatic rings. The summed E-state index contributed by atoms with van der Waals surface area (Å²) in [5, 5.41) is 10.6. The first-order chi connectivity index (χ1) is 15.7. The van der Waals surface area contributed by atoms with E-state index in [9.17, 15) is 18.4 Å². The number of anilines is 1. The van der Waals surface area contributed by atoms with Crippen molar-refractivity contribution < 1.29 is 22.7 Å². The maximum absolute atomic E-state index is 13.8. The number of nitrogens with zero attached hydrogens (tertiary/aromatic N) is 4. The molecule has 0 saturated carbocycles. The van der Waals surface area contributed by atoms with Crippen LogP contribution in [0.4, 0.5) is 18.9 Å². The fourth-order valence-electron chi connectivity index (χ4n) is 3.36. The van der Waals surface area contributed by atoms with Crippen LogP contribution in [0.3, 0.4) is 0 Å². The molecule has 7 nitrogen and oxygen atoms in total. The maximum atomic E-state index is 13.8. The van der Waals surface area contributed by atoms with E-state index in [1.165, 1.54) is 12.3 Å². The molecule has 10 heteroatoms. The van der Waals surface area contributed by atoms with Crippen LogP contribution in [0, 0.1) is 11.3 Å². The van der Waals surface area contributed by atoms with E-state index in [0.717, 1.165) is 11.1 Å². The van der Waals surface area contributed by atoms with Crippen molar-refractivity contribution in [1.29, 1.82) is 5.26 Å². The molecule has 0 saturated heterocycles. The molecule has 0 amide bonds. The lowest BCUT2D eigenvalue weighted by Crippen LogP contribution is -2.29. The number of nitriles is 1. The summed E-state index contributed by atoms with van der Waals surface area (Å²) in [4.78, 5) is 9.33. The molecule has 0 radical (unpaired) electrons. The van der Waals surface area contributed by atoms with Gasteiger partial charge < -0.3 is 14.1 Å². The number of halogens is 3. The van der Waals surface area contributed by atoms with Crippen molar-refractivity contribution in [1.82, 2.24) is 15.1 Å². The Morgan fingerprint density at radius 3 is 2.70 bits per heavy atom. The molecular weight excluding hydrogens is 435 g/mol. The van der Waals surface area contributed by atoms with Gasteiger partial charge in [-0.15, -0.1) is 0 Å². The second-order valence-corrected chi connectivity index (χ2v) is 7.63. The number of hydrogen-bond donors (Lipinski definition) is 1. The van der Waals surface area contributed by atoms with Crippen molar-refractivity contribution >= 4 is 11.4 Å². The topological polar surface area (TPSA) is 75.3 Å². The van der Waals surface area contributed by atoms with E-state index in [1.807, 2.05) is 13.8 Å². The predicted molar refractivity (Wildman–Crippen MR) is 114 cm³/mol. The third-order valence-electron chi connectivity index (χ3n) is 4.80. The first kappa shape index (κ1) is 22.2. The first-order valence-electron chi connectivity index (χ1n) is 10.0. The van der Waals surface area contributed by atoms with E-state index in [1.54, 1.807) is 47.6 Å². The third-order valence-corrected chi connectivity index (χ3v) is 4.80. The number of rotatable bonds is 6. The average Bonchev–Trinajstić information content (AvgIpc) is 3.45. The van der Waals surface area contributed by atoms with Gasteiger partial charge in [0.2, 0.25) is 0 Å². The molecule has 0 bridgehead atoms. The smallest absolute Gasteiger partial charge is 0.418 e. The first-order valence-corrected chi connectivity index (χ1v) is 10.0. The van der Waals surface area contributed by atoms with Crippen molar-refractivity contribution in [2.75, 3.05) is 5.01 Å². The quantitative estimate of drug-likeness (QED) is 0.572. The van der Waals surface area contributed by atoms with Gasteiger partial charge in [-0.1, -0.05) is 11.7 Å². The Labute approximate surface area is 188 Å². The fraction of sp³-hybridized carbons (Fsp3) is 0.217. The lowest BCUT2D eigenvalue weighted by Gasteiger charge is -2.20. The van der Waals surface area contributed by atoms with Crippen LogP contribution in [0.5, 0.6) is 5.75 Å². The second-order valence-electron chi connectivity index (χ2n) is 7.63. The molecule has 0 fully saturated rings. The molecular formula is C23H20F3N5O2. The van der Waals surface area contributed by atoms with Crippen LogP contribution in [-0.2, 0) is 17.6 Å². The summed E-state index contributed by atoms with van der Waals surface area (Å²) in [6.45, 7) is 3.95. The minimum absolute atomic E-state index is 0.111. The number of aromatic nitrogens is 2. The van der Waals surface area contributed by atoms with Crippen molar-refractivity contribution in [3.05, 3.63) is 83.6 Å². The van der Waals surface area contributed by atoms with E-state index in [0.29, 0.717) is 22.4 Å². The van der Waals surface area contributed by atoms with Gasteiger partial charge >= 0.3 is 6.18 Å². The van der Waals surface area contributed by atoms with Gasteiger partial charge in [0.05, 0.1) is 35.4 Å². The molecule has 0 spiro atoms. The van der Waals surface area contributed by atoms with Gasteiger partial charge in [0.25, 0.3) is 0 Å². The average molecular weight is 455 g/mol. The highest BCUT2D eigenvalue weighted by atomic mass is 19.4. The Hall–Kier alpha value is -3.97. The van der Waals surface area contributed by atoms with Gasteiger partial charge in [-0.3, -0.25) is 0 Å². The molecule has 0 aliphatic carbocycles. The summed E-state index contributed by atoms with van der Waals surface area (Å²) in [6.07, 6.45) is 1.50. The van der Waals surface area contributed by atoms with Crippen molar-refractivity contribution in [2.24, 2.45) is 0 Å². The number of imidazole rings is 1. The zero-order chi connectivity index (χ0) is 23.6. The van der Waals surface area contributed by atoms with Gasteiger partial charge in [-0.25, -0.2) is 9.99 Å². The second kappa shape index (κ2) is 8.88. The number of hydrazine groups is 1. The van der Waals surface area contributed by atoms with Crippen LogP contribution in [0.1, 0.15) is 36.1 Å². The summed E-state index contributed by atoms with van der Waals surface area (Å²) in [7, 11) is 0. The molecule has 4 rings (SSSR count). The van der Waals surface area contributed by atoms with Gasteiger partial charge in [0, 0.05) is 24.5 Å². The molecule has 0 atom stereocenters. The zero-order valence-electron chi connectivity index (χ0n) is 17.8. The van der Waals surface area contributed by atoms with Crippen LogP contribution in [0.15, 0.2) is 61.3 Å². The molecule has 1 aliphatic rings. The molecule has 0 unspecified atom stereocenters. The van der Waals surface area contributed by atoms with E-state index in [2.05, 4.69) is 16.6 Å². The van der Waals surface area contributed by atoms with Crippen LogP contribution in [0.2, 0.25) is 0 Å². The standard InChI is InChI=1S/C23H20F3N5O2/c1-15(2)32-21-6-4-17(10-18(21)11-27)22-13-31(29-33-22)20-5-3-16(9-19(20)23(24,25)26)12-30-8-7-28-14-30/h3-10,13-15,29H,12H2,1-2H3. The molecule has 33 heavy (non-hydrogen) atoms. The monoisotopic (exact) mass is 455 g/mol. The van der Waals surface area contributed by atoms with Gasteiger partial charge in [0.15, 0.2) is 5.76 Å². The van der Waals surface area contributed by atoms with Crippen molar-refractivity contribution in [3.8, 4) is 11.8 Å². The Morgan fingerprint density at radius 2 is 2.03 bits per heavy atom. The molecule has 170 valence electrons. The van der Waals surface area contributed by atoms with E-state index < -0.39 is 11.7 Å². The summed E-state index contributed by atoms with van der Waals surface area (Å²) in [5.41, 5.74) is 2.85. The minimum atomic E-state index is -4.58. The number of ether oxygens (including phenoxy) is 1. The van der Waals surface area contributed by atoms with Gasteiger partial charge in [-0.05, 0) is 49.7 Å². The lowest BCUT2D eigenvalue weighted by atomic mass is 10.1. The number of hydrogen-bond acceptors (Lipinski definition) is 6. The van der Waals surface area contributed by atoms with E-state index >= 15 is 0 Å². The minimum Gasteiger partial charge on any atom is -0.490 e. The Balaban J connectivity index is 1.64. The summed E-state index contributed by atoms with van der Waals surface area (Å²) >= 11 is 0. The Kier molecular flexibility index (Phi) is 5.98. The highest BCUT2D eigenvalue weighted by Gasteiger charge is 2.36. The van der Waals surface area contributed by atoms with E-state index in [-0.39, 0.29) is 24.1 Å². The molecule has 2 heterocycles. The highest BCUT2D eigenvalue weighted by Crippen LogP contribution is 2.39. The number of benzene rings is 2. The summed E-state index contributed by atoms with van der Waals surface area (Å²) in [5.74, 6) is 0.686. The number of nitrogens with one attached hydrogen (secondary N) is 1. The van der Waals surface area contributed by atoms with Crippen molar-refractivity contribution in [3.63, 3.8) is 0 Å². The third kappa shape index (κ3) is 4.94. The normalized spacial score (nSPS) is 13.6. The van der Waals surface area contributed by atoms with Crippen LogP contribution in [0.25, 0.3) is 5.76 Å². The molecule has 1 aliphatic heterocycles. The fourth-order valence-corrected chi connectivity index (χ4v) is 3.36. The Bertz CT molecular complexity index is 1210. The Morgan fingerprint density at radius 1 is 1.21 bits per heavy atom. The SMILES string of the molecule is CC(C)Oc1ccc(C2=CN(c3ccc(Cn4ccnc4)cc3C(F)(F)F)NO2)cc1C#N. The number of alkyl halides is 3. The van der Waals surface area contributed by atoms with Crippen LogP contribution in [-0.4, -0.2) is 15.7 Å². The summed E-state index contributed by atoms with van der Waals surface area (Å²) in [6, 6.07) is 11.0. The lowest BCUT2D eigenvalue weighted by molar-refractivity contribution is -0.137. The molecule has 1 aromatic heterocycles. The zero-order valence-corrected chi connectivity index (χ0v) is 17.8. The van der Waals surface area contributed by atoms with Gasteiger partial charge in [-0.2, -0.15) is 18.4 Å². The predicted octanol–water partition coefficient (Wildman–Crippen LogP) is 4.86. The van der Waals surface area contributed by atoms with Gasteiger partial charge in [0.1, 0.15) is 11.8 Å². The van der Waals surface area contributed by atoms with Crippen LogP contribution < -0.4 is 15.3 Å². The molecule has 1 N–H and O–H groups in total. The highest BCUT2D eigenvalue weighted by molar-refractivity contribution is 5.69.